The largest absolute Gasteiger partial charge is 0.396 e. The molecule has 106 valence electrons. The molecule has 1 aromatic carbocycles. The van der Waals surface area contributed by atoms with Gasteiger partial charge in [-0.05, 0) is 36.1 Å². The lowest BCUT2D eigenvalue weighted by Gasteiger charge is -2.05. The van der Waals surface area contributed by atoms with Gasteiger partial charge in [-0.3, -0.25) is 4.79 Å². The average molecular weight is 310 g/mol. The van der Waals surface area contributed by atoms with Crippen molar-refractivity contribution < 1.29 is 9.18 Å². The number of amides is 1. The molecule has 3 nitrogen and oxygen atoms in total. The topological polar surface area (TPSA) is 55.1 Å². The van der Waals surface area contributed by atoms with Gasteiger partial charge in [-0.2, -0.15) is 0 Å². The Kier molecular flexibility index (Phi) is 5.43. The van der Waals surface area contributed by atoms with E-state index in [2.05, 4.69) is 5.32 Å². The van der Waals surface area contributed by atoms with Crippen LogP contribution in [0.1, 0.15) is 4.88 Å². The SMILES string of the molecule is Nc1ccc(SCC(=O)NCCc2cccs2)cc1F. The van der Waals surface area contributed by atoms with Crippen LogP contribution >= 0.6 is 23.1 Å². The fourth-order valence-electron chi connectivity index (χ4n) is 1.58. The van der Waals surface area contributed by atoms with Crippen LogP contribution in [0.25, 0.3) is 0 Å². The lowest BCUT2D eigenvalue weighted by molar-refractivity contribution is -0.118. The third kappa shape index (κ3) is 4.54. The summed E-state index contributed by atoms with van der Waals surface area (Å²) in [6, 6.07) is 8.60. The molecule has 0 fully saturated rings. The first-order valence-corrected chi connectivity index (χ1v) is 7.98. The van der Waals surface area contributed by atoms with Crippen LogP contribution in [0.4, 0.5) is 10.1 Å². The fourth-order valence-corrected chi connectivity index (χ4v) is 3.04. The van der Waals surface area contributed by atoms with E-state index in [0.717, 1.165) is 6.42 Å². The van der Waals surface area contributed by atoms with E-state index in [1.54, 1.807) is 17.4 Å². The summed E-state index contributed by atoms with van der Waals surface area (Å²) in [5.74, 6) is -0.231. The maximum absolute atomic E-state index is 13.2. The van der Waals surface area contributed by atoms with Crippen LogP contribution in [0.3, 0.4) is 0 Å². The molecule has 1 amide bonds. The number of hydrogen-bond acceptors (Lipinski definition) is 4. The van der Waals surface area contributed by atoms with E-state index in [0.29, 0.717) is 11.4 Å². The summed E-state index contributed by atoms with van der Waals surface area (Å²) in [5.41, 5.74) is 5.51. The van der Waals surface area contributed by atoms with Gasteiger partial charge in [0.05, 0.1) is 11.4 Å². The van der Waals surface area contributed by atoms with E-state index in [4.69, 9.17) is 5.73 Å². The van der Waals surface area contributed by atoms with Crippen molar-refractivity contribution in [1.29, 1.82) is 0 Å². The second kappa shape index (κ2) is 7.31. The maximum atomic E-state index is 13.2. The smallest absolute Gasteiger partial charge is 0.230 e. The first-order valence-electron chi connectivity index (χ1n) is 6.12. The molecule has 2 rings (SSSR count). The molecule has 0 radical (unpaired) electrons. The Bertz CT molecular complexity index is 573. The van der Waals surface area contributed by atoms with E-state index in [9.17, 15) is 9.18 Å². The molecule has 6 heteroatoms. The molecule has 1 aromatic heterocycles. The second-order valence-electron chi connectivity index (χ2n) is 4.15. The summed E-state index contributed by atoms with van der Waals surface area (Å²) in [5, 5.41) is 4.86. The molecule has 0 saturated heterocycles. The van der Waals surface area contributed by atoms with E-state index in [-0.39, 0.29) is 17.3 Å². The highest BCUT2D eigenvalue weighted by molar-refractivity contribution is 8.00. The van der Waals surface area contributed by atoms with Gasteiger partial charge in [-0.1, -0.05) is 6.07 Å². The minimum absolute atomic E-state index is 0.0520. The van der Waals surface area contributed by atoms with Crippen LogP contribution in [0.15, 0.2) is 40.6 Å². The molecule has 0 aliphatic carbocycles. The molecule has 0 unspecified atom stereocenters. The molecular weight excluding hydrogens is 295 g/mol. The number of carbonyl (C=O) groups excluding carboxylic acids is 1. The summed E-state index contributed by atoms with van der Waals surface area (Å²) < 4.78 is 13.2. The molecule has 0 bridgehead atoms. The summed E-state index contributed by atoms with van der Waals surface area (Å²) in [4.78, 5) is 13.6. The van der Waals surface area contributed by atoms with Crippen molar-refractivity contribution in [2.45, 2.75) is 11.3 Å². The molecule has 0 atom stereocenters. The number of hydrogen-bond donors (Lipinski definition) is 2. The number of rotatable bonds is 6. The monoisotopic (exact) mass is 310 g/mol. The normalized spacial score (nSPS) is 10.4. The van der Waals surface area contributed by atoms with Crippen LogP contribution in [-0.4, -0.2) is 18.2 Å². The van der Waals surface area contributed by atoms with E-state index in [1.165, 1.54) is 28.8 Å². The Morgan fingerprint density at radius 3 is 2.95 bits per heavy atom. The summed E-state index contributed by atoms with van der Waals surface area (Å²) in [6.45, 7) is 0.621. The Morgan fingerprint density at radius 1 is 1.40 bits per heavy atom. The van der Waals surface area contributed by atoms with Crippen LogP contribution in [0, 0.1) is 5.82 Å². The number of nitrogens with one attached hydrogen (secondary N) is 1. The second-order valence-corrected chi connectivity index (χ2v) is 6.23. The molecule has 20 heavy (non-hydrogen) atoms. The Balaban J connectivity index is 1.70. The molecule has 1 heterocycles. The van der Waals surface area contributed by atoms with Gasteiger partial charge in [0.2, 0.25) is 5.91 Å². The van der Waals surface area contributed by atoms with Crippen LogP contribution in [-0.2, 0) is 11.2 Å². The molecular formula is C14H15FN2OS2. The van der Waals surface area contributed by atoms with Gasteiger partial charge in [0, 0.05) is 16.3 Å². The van der Waals surface area contributed by atoms with Crippen molar-refractivity contribution in [2.75, 3.05) is 18.0 Å². The summed E-state index contributed by atoms with van der Waals surface area (Å²) in [7, 11) is 0. The fraction of sp³-hybridized carbons (Fsp3) is 0.214. The quantitative estimate of drug-likeness (QED) is 0.637. The van der Waals surface area contributed by atoms with Gasteiger partial charge >= 0.3 is 0 Å². The Morgan fingerprint density at radius 2 is 2.25 bits per heavy atom. The van der Waals surface area contributed by atoms with E-state index < -0.39 is 5.82 Å². The Labute approximate surface area is 125 Å². The first kappa shape index (κ1) is 14.9. The number of anilines is 1. The maximum Gasteiger partial charge on any atom is 0.230 e. The zero-order chi connectivity index (χ0) is 14.4. The average Bonchev–Trinajstić information content (AvgIpc) is 2.93. The van der Waals surface area contributed by atoms with Gasteiger partial charge in [0.15, 0.2) is 0 Å². The standard InChI is InChI=1S/C14H15FN2OS2/c15-12-8-11(3-4-13(12)16)20-9-14(18)17-6-5-10-2-1-7-19-10/h1-4,7-8H,5-6,9,16H2,(H,17,18). The number of carbonyl (C=O) groups is 1. The number of halogens is 1. The number of benzene rings is 1. The number of nitrogen functional groups attached to an aromatic ring is 1. The lowest BCUT2D eigenvalue weighted by Crippen LogP contribution is -2.27. The molecule has 0 saturated carbocycles. The van der Waals surface area contributed by atoms with Gasteiger partial charge in [0.1, 0.15) is 5.82 Å². The van der Waals surface area contributed by atoms with Gasteiger partial charge < -0.3 is 11.1 Å². The van der Waals surface area contributed by atoms with Crippen molar-refractivity contribution in [3.05, 3.63) is 46.4 Å². The van der Waals surface area contributed by atoms with Crippen molar-refractivity contribution >= 4 is 34.7 Å². The van der Waals surface area contributed by atoms with Crippen LogP contribution in [0.2, 0.25) is 0 Å². The minimum atomic E-state index is -0.451. The third-order valence-corrected chi connectivity index (χ3v) is 4.55. The minimum Gasteiger partial charge on any atom is -0.396 e. The molecule has 2 aromatic rings. The van der Waals surface area contributed by atoms with Crippen LogP contribution < -0.4 is 11.1 Å². The zero-order valence-corrected chi connectivity index (χ0v) is 12.4. The molecule has 0 aliphatic rings. The Hall–Kier alpha value is -1.53. The number of thioether (sulfide) groups is 1. The number of nitrogens with two attached hydrogens (primary N) is 1. The lowest BCUT2D eigenvalue weighted by atomic mass is 10.3. The van der Waals surface area contributed by atoms with Crippen molar-refractivity contribution in [3.63, 3.8) is 0 Å². The first-order chi connectivity index (χ1) is 9.65. The molecule has 3 N–H and O–H groups in total. The van der Waals surface area contributed by atoms with Gasteiger partial charge in [0.25, 0.3) is 0 Å². The zero-order valence-electron chi connectivity index (χ0n) is 10.8. The molecule has 0 aliphatic heterocycles. The van der Waals surface area contributed by atoms with Crippen molar-refractivity contribution in [1.82, 2.24) is 5.32 Å². The van der Waals surface area contributed by atoms with Gasteiger partial charge in [-0.25, -0.2) is 4.39 Å². The van der Waals surface area contributed by atoms with Crippen molar-refractivity contribution in [3.8, 4) is 0 Å². The highest BCUT2D eigenvalue weighted by atomic mass is 32.2. The van der Waals surface area contributed by atoms with Crippen LogP contribution in [0.5, 0.6) is 0 Å². The molecule has 0 spiro atoms. The highest BCUT2D eigenvalue weighted by Gasteiger charge is 2.05. The van der Waals surface area contributed by atoms with Gasteiger partial charge in [-0.15, -0.1) is 23.1 Å². The predicted octanol–water partition coefficient (Wildman–Crippen LogP) is 2.92. The highest BCUT2D eigenvalue weighted by Crippen LogP contribution is 2.21. The van der Waals surface area contributed by atoms with E-state index in [1.807, 2.05) is 17.5 Å². The van der Waals surface area contributed by atoms with E-state index >= 15 is 0 Å². The number of thiophene rings is 1. The third-order valence-electron chi connectivity index (χ3n) is 2.62. The summed E-state index contributed by atoms with van der Waals surface area (Å²) in [6.07, 6.45) is 0.838. The summed E-state index contributed by atoms with van der Waals surface area (Å²) >= 11 is 2.97. The van der Waals surface area contributed by atoms with Crippen molar-refractivity contribution in [2.24, 2.45) is 0 Å². The predicted molar refractivity (Wildman–Crippen MR) is 82.6 cm³/mol.